The van der Waals surface area contributed by atoms with E-state index < -0.39 is 0 Å². The van der Waals surface area contributed by atoms with E-state index in [4.69, 9.17) is 10.5 Å². The van der Waals surface area contributed by atoms with E-state index in [0.717, 1.165) is 39.1 Å². The molecule has 0 bridgehead atoms. The third kappa shape index (κ3) is 1.94. The van der Waals surface area contributed by atoms with Gasteiger partial charge in [0.25, 0.3) is 0 Å². The van der Waals surface area contributed by atoms with E-state index in [0.29, 0.717) is 12.0 Å². The monoisotopic (exact) mass is 232 g/mol. The lowest BCUT2D eigenvalue weighted by Gasteiger charge is -2.26. The summed E-state index contributed by atoms with van der Waals surface area (Å²) in [6.45, 7) is 3.67. The van der Waals surface area contributed by atoms with Crippen molar-refractivity contribution in [1.82, 2.24) is 0 Å². The Kier molecular flexibility index (Phi) is 3.04. The van der Waals surface area contributed by atoms with Gasteiger partial charge in [0, 0.05) is 24.8 Å². The maximum absolute atomic E-state index is 5.72. The Balaban J connectivity index is 1.87. The van der Waals surface area contributed by atoms with Crippen molar-refractivity contribution in [3.05, 3.63) is 29.8 Å². The summed E-state index contributed by atoms with van der Waals surface area (Å²) in [5.41, 5.74) is 8.60. The molecule has 1 saturated heterocycles. The van der Waals surface area contributed by atoms with Crippen LogP contribution in [0.2, 0.25) is 0 Å². The molecule has 2 aliphatic heterocycles. The predicted octanol–water partition coefficient (Wildman–Crippen LogP) is 1.73. The molecule has 92 valence electrons. The van der Waals surface area contributed by atoms with Crippen LogP contribution in [0.5, 0.6) is 0 Å². The molecule has 17 heavy (non-hydrogen) atoms. The van der Waals surface area contributed by atoms with Gasteiger partial charge in [0.2, 0.25) is 0 Å². The Morgan fingerprint density at radius 2 is 2.24 bits per heavy atom. The zero-order valence-electron chi connectivity index (χ0n) is 10.1. The zero-order valence-corrected chi connectivity index (χ0v) is 10.1. The van der Waals surface area contributed by atoms with Crippen LogP contribution < -0.4 is 10.6 Å². The first-order valence-corrected chi connectivity index (χ1v) is 6.53. The lowest BCUT2D eigenvalue weighted by molar-refractivity contribution is 0.193. The molecule has 1 aromatic rings. The second kappa shape index (κ2) is 4.67. The standard InChI is InChI=1S/C14H20N2O/c15-7-5-11-9-16(12-6-8-17-10-12)14-4-2-1-3-13(11)14/h1-4,11-12H,5-10,15H2. The molecule has 2 aliphatic rings. The molecular formula is C14H20N2O. The van der Waals surface area contributed by atoms with Crippen LogP contribution in [0.25, 0.3) is 0 Å². The summed E-state index contributed by atoms with van der Waals surface area (Å²) in [5, 5.41) is 0. The summed E-state index contributed by atoms with van der Waals surface area (Å²) in [6.07, 6.45) is 2.24. The molecule has 0 radical (unpaired) electrons. The first kappa shape index (κ1) is 11.1. The lowest BCUT2D eigenvalue weighted by Crippen LogP contribution is -2.34. The molecule has 0 aliphatic carbocycles. The number of nitrogens with two attached hydrogens (primary N) is 1. The van der Waals surface area contributed by atoms with E-state index in [1.807, 2.05) is 0 Å². The lowest BCUT2D eigenvalue weighted by atomic mass is 9.98. The van der Waals surface area contributed by atoms with Crippen molar-refractivity contribution in [1.29, 1.82) is 0 Å². The Bertz CT molecular complexity index is 388. The van der Waals surface area contributed by atoms with Crippen LogP contribution in [0.4, 0.5) is 5.69 Å². The highest BCUT2D eigenvalue weighted by molar-refractivity contribution is 5.61. The fraction of sp³-hybridized carbons (Fsp3) is 0.571. The number of fused-ring (bicyclic) bond motifs is 1. The summed E-state index contributed by atoms with van der Waals surface area (Å²) in [7, 11) is 0. The number of nitrogens with zero attached hydrogens (tertiary/aromatic N) is 1. The number of para-hydroxylation sites is 1. The van der Waals surface area contributed by atoms with Crippen molar-refractivity contribution in [3.63, 3.8) is 0 Å². The summed E-state index contributed by atoms with van der Waals surface area (Å²) < 4.78 is 5.51. The van der Waals surface area contributed by atoms with Crippen LogP contribution >= 0.6 is 0 Å². The third-order valence-electron chi connectivity index (χ3n) is 3.96. The van der Waals surface area contributed by atoms with E-state index in [1.54, 1.807) is 0 Å². The van der Waals surface area contributed by atoms with Gasteiger partial charge in [-0.1, -0.05) is 18.2 Å². The van der Waals surface area contributed by atoms with Gasteiger partial charge in [-0.05, 0) is 31.0 Å². The minimum atomic E-state index is 0.568. The van der Waals surface area contributed by atoms with Gasteiger partial charge >= 0.3 is 0 Å². The van der Waals surface area contributed by atoms with Crippen molar-refractivity contribution >= 4 is 5.69 Å². The van der Waals surface area contributed by atoms with Crippen LogP contribution in [-0.4, -0.2) is 32.3 Å². The van der Waals surface area contributed by atoms with E-state index in [2.05, 4.69) is 29.2 Å². The number of ether oxygens (including phenoxy) is 1. The van der Waals surface area contributed by atoms with Gasteiger partial charge in [0.15, 0.2) is 0 Å². The summed E-state index contributed by atoms with van der Waals surface area (Å²) in [5.74, 6) is 0.608. The molecule has 3 heteroatoms. The molecule has 3 rings (SSSR count). The molecule has 1 fully saturated rings. The largest absolute Gasteiger partial charge is 0.379 e. The predicted molar refractivity (Wildman–Crippen MR) is 69.4 cm³/mol. The molecule has 0 amide bonds. The summed E-state index contributed by atoms with van der Waals surface area (Å²) >= 11 is 0. The van der Waals surface area contributed by atoms with Crippen molar-refractivity contribution in [2.75, 3.05) is 31.2 Å². The molecule has 0 spiro atoms. The second-order valence-corrected chi connectivity index (χ2v) is 5.00. The van der Waals surface area contributed by atoms with Crippen LogP contribution in [0.15, 0.2) is 24.3 Å². The van der Waals surface area contributed by atoms with Gasteiger partial charge in [0.1, 0.15) is 0 Å². The first-order valence-electron chi connectivity index (χ1n) is 6.53. The Morgan fingerprint density at radius 3 is 3.00 bits per heavy atom. The number of hydrogen-bond acceptors (Lipinski definition) is 3. The fourth-order valence-electron chi connectivity index (χ4n) is 3.09. The minimum absolute atomic E-state index is 0.568. The summed E-state index contributed by atoms with van der Waals surface area (Å²) in [6, 6.07) is 9.33. The Morgan fingerprint density at radius 1 is 1.35 bits per heavy atom. The molecule has 3 nitrogen and oxygen atoms in total. The van der Waals surface area contributed by atoms with Gasteiger partial charge in [-0.3, -0.25) is 0 Å². The van der Waals surface area contributed by atoms with E-state index >= 15 is 0 Å². The fourth-order valence-corrected chi connectivity index (χ4v) is 3.09. The molecule has 0 aromatic heterocycles. The zero-order chi connectivity index (χ0) is 11.7. The van der Waals surface area contributed by atoms with Crippen molar-refractivity contribution < 1.29 is 4.74 Å². The average molecular weight is 232 g/mol. The number of anilines is 1. The van der Waals surface area contributed by atoms with Gasteiger partial charge in [-0.15, -0.1) is 0 Å². The van der Waals surface area contributed by atoms with Gasteiger partial charge in [-0.25, -0.2) is 0 Å². The van der Waals surface area contributed by atoms with Crippen LogP contribution in [-0.2, 0) is 4.74 Å². The molecule has 2 atom stereocenters. The van der Waals surface area contributed by atoms with Crippen molar-refractivity contribution in [3.8, 4) is 0 Å². The number of benzene rings is 1. The topological polar surface area (TPSA) is 38.5 Å². The van der Waals surface area contributed by atoms with Crippen molar-refractivity contribution in [2.45, 2.75) is 24.8 Å². The molecule has 1 aromatic carbocycles. The van der Waals surface area contributed by atoms with E-state index in [1.165, 1.54) is 11.3 Å². The van der Waals surface area contributed by atoms with Crippen LogP contribution in [0.1, 0.15) is 24.3 Å². The summed E-state index contributed by atoms with van der Waals surface area (Å²) in [4.78, 5) is 2.53. The molecule has 2 heterocycles. The molecule has 2 N–H and O–H groups in total. The van der Waals surface area contributed by atoms with Gasteiger partial charge in [0.05, 0.1) is 12.6 Å². The minimum Gasteiger partial charge on any atom is -0.379 e. The Labute approximate surface area is 103 Å². The highest BCUT2D eigenvalue weighted by Crippen LogP contribution is 2.39. The maximum Gasteiger partial charge on any atom is 0.0670 e. The smallest absolute Gasteiger partial charge is 0.0670 e. The van der Waals surface area contributed by atoms with E-state index in [-0.39, 0.29) is 0 Å². The average Bonchev–Trinajstić information content (AvgIpc) is 2.97. The van der Waals surface area contributed by atoms with Crippen LogP contribution in [0, 0.1) is 0 Å². The second-order valence-electron chi connectivity index (χ2n) is 5.00. The maximum atomic E-state index is 5.72. The van der Waals surface area contributed by atoms with Gasteiger partial charge in [-0.2, -0.15) is 0 Å². The number of rotatable bonds is 3. The third-order valence-corrected chi connectivity index (χ3v) is 3.96. The van der Waals surface area contributed by atoms with Gasteiger partial charge < -0.3 is 15.4 Å². The first-order chi connectivity index (χ1) is 8.40. The normalized spacial score (nSPS) is 27.5. The SMILES string of the molecule is NCCC1CN(C2CCOC2)c2ccccc21. The highest BCUT2D eigenvalue weighted by Gasteiger charge is 2.33. The Hall–Kier alpha value is -1.06. The quantitative estimate of drug-likeness (QED) is 0.862. The van der Waals surface area contributed by atoms with Crippen molar-refractivity contribution in [2.24, 2.45) is 5.73 Å². The van der Waals surface area contributed by atoms with Crippen LogP contribution in [0.3, 0.4) is 0 Å². The molecule has 2 unspecified atom stereocenters. The number of hydrogen-bond donors (Lipinski definition) is 1. The highest BCUT2D eigenvalue weighted by atomic mass is 16.5. The molecular weight excluding hydrogens is 212 g/mol. The molecule has 0 saturated carbocycles. The van der Waals surface area contributed by atoms with E-state index in [9.17, 15) is 0 Å².